The first kappa shape index (κ1) is 13.4. The molecule has 0 bridgehead atoms. The molecule has 0 saturated carbocycles. The number of hydrogen-bond acceptors (Lipinski definition) is 5. The van der Waals surface area contributed by atoms with Gasteiger partial charge in [-0.3, -0.25) is 4.90 Å². The molecule has 1 saturated heterocycles. The molecule has 1 aromatic heterocycles. The maximum absolute atomic E-state index is 5.35. The second-order valence-corrected chi connectivity index (χ2v) is 6.98. The van der Waals surface area contributed by atoms with Crippen LogP contribution in [0.5, 0.6) is 0 Å². The molecule has 3 rings (SSSR count). The molecule has 1 fully saturated rings. The minimum absolute atomic E-state index is 0.894. The summed E-state index contributed by atoms with van der Waals surface area (Å²) in [4.78, 5) is 7.13. The van der Waals surface area contributed by atoms with E-state index in [0.29, 0.717) is 0 Å². The summed E-state index contributed by atoms with van der Waals surface area (Å²) < 4.78 is 7.84. The number of aromatic nitrogens is 1. The number of thioether (sulfide) groups is 1. The molecule has 1 aromatic carbocycles. The second kappa shape index (κ2) is 6.70. The van der Waals surface area contributed by atoms with E-state index < -0.39 is 0 Å². The van der Waals surface area contributed by atoms with Gasteiger partial charge in [-0.15, -0.1) is 11.3 Å². The Morgan fingerprint density at radius 2 is 2.11 bits per heavy atom. The third-order valence-electron chi connectivity index (χ3n) is 3.22. The van der Waals surface area contributed by atoms with Crippen molar-refractivity contribution in [3.63, 3.8) is 0 Å². The molecule has 1 aliphatic heterocycles. The highest BCUT2D eigenvalue weighted by atomic mass is 32.2. The van der Waals surface area contributed by atoms with Crippen molar-refractivity contribution in [2.24, 2.45) is 0 Å². The van der Waals surface area contributed by atoms with Crippen LogP contribution in [0.25, 0.3) is 10.2 Å². The first-order valence-electron chi connectivity index (χ1n) is 6.70. The highest BCUT2D eigenvalue weighted by molar-refractivity contribution is 8.01. The average Bonchev–Trinajstić information content (AvgIpc) is 2.87. The number of para-hydroxylation sites is 1. The van der Waals surface area contributed by atoms with Crippen LogP contribution in [0.2, 0.25) is 0 Å². The van der Waals surface area contributed by atoms with Gasteiger partial charge in [0.15, 0.2) is 4.34 Å². The van der Waals surface area contributed by atoms with Crippen molar-refractivity contribution < 1.29 is 4.74 Å². The van der Waals surface area contributed by atoms with Crippen LogP contribution >= 0.6 is 23.1 Å². The smallest absolute Gasteiger partial charge is 0.151 e. The van der Waals surface area contributed by atoms with Gasteiger partial charge in [0.2, 0.25) is 0 Å². The summed E-state index contributed by atoms with van der Waals surface area (Å²) in [6.07, 6.45) is 1.22. The summed E-state index contributed by atoms with van der Waals surface area (Å²) >= 11 is 3.69. The van der Waals surface area contributed by atoms with Gasteiger partial charge in [0, 0.05) is 18.8 Å². The maximum Gasteiger partial charge on any atom is 0.151 e. The Hall–Kier alpha value is -0.620. The molecule has 0 amide bonds. The van der Waals surface area contributed by atoms with E-state index in [4.69, 9.17) is 4.74 Å². The number of morpholine rings is 1. The van der Waals surface area contributed by atoms with E-state index in [9.17, 15) is 0 Å². The Morgan fingerprint density at radius 1 is 1.26 bits per heavy atom. The van der Waals surface area contributed by atoms with Crippen molar-refractivity contribution in [2.45, 2.75) is 10.8 Å². The van der Waals surface area contributed by atoms with E-state index in [1.54, 1.807) is 11.3 Å². The zero-order valence-corrected chi connectivity index (χ0v) is 12.5. The molecule has 1 aliphatic rings. The van der Waals surface area contributed by atoms with Crippen LogP contribution in [-0.2, 0) is 4.74 Å². The van der Waals surface area contributed by atoms with Gasteiger partial charge in [-0.25, -0.2) is 4.98 Å². The molecular formula is C14H18N2OS2. The lowest BCUT2D eigenvalue weighted by Crippen LogP contribution is -2.36. The quantitative estimate of drug-likeness (QED) is 0.625. The highest BCUT2D eigenvalue weighted by Crippen LogP contribution is 2.29. The molecule has 3 nitrogen and oxygen atoms in total. The minimum Gasteiger partial charge on any atom is -0.379 e. The van der Waals surface area contributed by atoms with Crippen LogP contribution in [0, 0.1) is 0 Å². The number of thiazole rings is 1. The SMILES string of the molecule is c1ccc2sc(SCCCN3CCOCC3)nc2c1. The zero-order chi connectivity index (χ0) is 12.9. The Kier molecular flexibility index (Phi) is 4.71. The van der Waals surface area contributed by atoms with Crippen molar-refractivity contribution in [3.8, 4) is 0 Å². The number of ether oxygens (including phenoxy) is 1. The Bertz CT molecular complexity index is 490. The molecule has 0 N–H and O–H groups in total. The molecule has 0 spiro atoms. The number of fused-ring (bicyclic) bond motifs is 1. The van der Waals surface area contributed by atoms with Gasteiger partial charge < -0.3 is 4.74 Å². The van der Waals surface area contributed by atoms with Gasteiger partial charge in [0.05, 0.1) is 23.4 Å². The average molecular weight is 294 g/mol. The van der Waals surface area contributed by atoms with Crippen molar-refractivity contribution in [1.82, 2.24) is 9.88 Å². The van der Waals surface area contributed by atoms with E-state index >= 15 is 0 Å². The fourth-order valence-electron chi connectivity index (χ4n) is 2.19. The molecule has 19 heavy (non-hydrogen) atoms. The third-order valence-corrected chi connectivity index (χ3v) is 5.49. The highest BCUT2D eigenvalue weighted by Gasteiger charge is 2.09. The summed E-state index contributed by atoms with van der Waals surface area (Å²) in [5.41, 5.74) is 1.13. The lowest BCUT2D eigenvalue weighted by atomic mass is 10.3. The zero-order valence-electron chi connectivity index (χ0n) is 10.9. The molecule has 102 valence electrons. The van der Waals surface area contributed by atoms with Gasteiger partial charge in [0.1, 0.15) is 0 Å². The van der Waals surface area contributed by atoms with Crippen LogP contribution in [0.1, 0.15) is 6.42 Å². The van der Waals surface area contributed by atoms with Gasteiger partial charge in [-0.2, -0.15) is 0 Å². The van der Waals surface area contributed by atoms with Gasteiger partial charge in [-0.05, 0) is 25.1 Å². The topological polar surface area (TPSA) is 25.4 Å². The number of benzene rings is 1. The third kappa shape index (κ3) is 3.69. The lowest BCUT2D eigenvalue weighted by Gasteiger charge is -2.26. The van der Waals surface area contributed by atoms with Crippen LogP contribution in [0.15, 0.2) is 28.6 Å². The summed E-state index contributed by atoms with van der Waals surface area (Å²) in [6, 6.07) is 8.36. The molecular weight excluding hydrogens is 276 g/mol. The van der Waals surface area contributed by atoms with E-state index in [0.717, 1.165) is 37.6 Å². The molecule has 0 atom stereocenters. The number of hydrogen-bond donors (Lipinski definition) is 0. The Balaban J connectivity index is 1.44. The molecule has 0 aliphatic carbocycles. The van der Waals surface area contributed by atoms with E-state index in [1.807, 2.05) is 11.8 Å². The molecule has 0 unspecified atom stereocenters. The predicted molar refractivity (Wildman–Crippen MR) is 82.2 cm³/mol. The van der Waals surface area contributed by atoms with E-state index in [-0.39, 0.29) is 0 Å². The minimum atomic E-state index is 0.894. The normalized spacial score (nSPS) is 17.1. The van der Waals surface area contributed by atoms with E-state index in [1.165, 1.54) is 22.0 Å². The monoisotopic (exact) mass is 294 g/mol. The lowest BCUT2D eigenvalue weighted by molar-refractivity contribution is 0.0381. The van der Waals surface area contributed by atoms with Gasteiger partial charge in [0.25, 0.3) is 0 Å². The van der Waals surface area contributed by atoms with Crippen molar-refractivity contribution in [3.05, 3.63) is 24.3 Å². The fraction of sp³-hybridized carbons (Fsp3) is 0.500. The standard InChI is InChI=1S/C14H18N2OS2/c1-2-5-13-12(4-1)15-14(19-13)18-11-3-6-16-7-9-17-10-8-16/h1-2,4-5H,3,6-11H2. The largest absolute Gasteiger partial charge is 0.379 e. The van der Waals surface area contributed by atoms with Crippen molar-refractivity contribution in [2.75, 3.05) is 38.6 Å². The number of nitrogens with zero attached hydrogens (tertiary/aromatic N) is 2. The van der Waals surface area contributed by atoms with Gasteiger partial charge in [-0.1, -0.05) is 23.9 Å². The molecule has 2 heterocycles. The fourth-order valence-corrected chi connectivity index (χ4v) is 4.25. The molecule has 5 heteroatoms. The summed E-state index contributed by atoms with van der Waals surface area (Å²) in [7, 11) is 0. The van der Waals surface area contributed by atoms with E-state index in [2.05, 4.69) is 34.1 Å². The van der Waals surface area contributed by atoms with Gasteiger partial charge >= 0.3 is 0 Å². The van der Waals surface area contributed by atoms with Crippen molar-refractivity contribution >= 4 is 33.3 Å². The maximum atomic E-state index is 5.35. The van der Waals surface area contributed by atoms with Crippen molar-refractivity contribution in [1.29, 1.82) is 0 Å². The van der Waals surface area contributed by atoms with Crippen LogP contribution in [0.4, 0.5) is 0 Å². The number of rotatable bonds is 5. The summed E-state index contributed by atoms with van der Waals surface area (Å²) in [5.74, 6) is 1.15. The Labute approximate surface area is 122 Å². The van der Waals surface area contributed by atoms with Crippen LogP contribution in [-0.4, -0.2) is 48.5 Å². The second-order valence-electron chi connectivity index (χ2n) is 4.60. The first-order valence-corrected chi connectivity index (χ1v) is 8.50. The predicted octanol–water partition coefficient (Wildman–Crippen LogP) is 3.11. The van der Waals surface area contributed by atoms with Crippen LogP contribution in [0.3, 0.4) is 0 Å². The summed E-state index contributed by atoms with van der Waals surface area (Å²) in [5, 5.41) is 0. The summed E-state index contributed by atoms with van der Waals surface area (Å²) in [6.45, 7) is 5.15. The first-order chi connectivity index (χ1) is 9.42. The molecule has 2 aromatic rings. The molecule has 0 radical (unpaired) electrons. The Morgan fingerprint density at radius 3 is 2.95 bits per heavy atom. The van der Waals surface area contributed by atoms with Crippen LogP contribution < -0.4 is 0 Å².